The highest BCUT2D eigenvalue weighted by atomic mass is 35.5. The number of amides is 3. The van der Waals surface area contributed by atoms with Crippen LogP contribution >= 0.6 is 23.2 Å². The Bertz CT molecular complexity index is 3030. The Balaban J connectivity index is 0.000000211. The molecule has 6 aromatic carbocycles. The zero-order chi connectivity index (χ0) is 52.3. The Morgan fingerprint density at radius 3 is 1.26 bits per heavy atom. The van der Waals surface area contributed by atoms with Crippen LogP contribution in [0, 0.1) is 0 Å². The first kappa shape index (κ1) is 52.9. The number of carbonyl (C=O) groups is 5. The first-order valence-corrected chi connectivity index (χ1v) is 24.7. The summed E-state index contributed by atoms with van der Waals surface area (Å²) in [6.45, 7) is 19.0. The Hall–Kier alpha value is -6.87. The molecule has 6 aromatic rings. The molecular weight excluding hydrogens is 964 g/mol. The molecule has 0 aromatic heterocycles. The first-order chi connectivity index (χ1) is 34.3. The van der Waals surface area contributed by atoms with E-state index in [-0.39, 0.29) is 94.8 Å². The predicted octanol–water partition coefficient (Wildman–Crippen LogP) is 11.8. The summed E-state index contributed by atoms with van der Waals surface area (Å²) >= 11 is 13.1. The highest BCUT2D eigenvalue weighted by molar-refractivity contribution is 6.42. The molecule has 1 atom stereocenters. The summed E-state index contributed by atoms with van der Waals surface area (Å²) in [7, 11) is 0. The molecule has 8 rings (SSSR count). The van der Waals surface area contributed by atoms with Crippen molar-refractivity contribution in [3.05, 3.63) is 128 Å². The molecule has 3 amide bonds. The number of ether oxygens (including phenoxy) is 6. The Morgan fingerprint density at radius 1 is 0.528 bits per heavy atom. The second kappa shape index (κ2) is 22.3. The van der Waals surface area contributed by atoms with Crippen LogP contribution in [-0.2, 0) is 31.9 Å². The third-order valence-corrected chi connectivity index (χ3v) is 11.9. The number of hydrogen-bond donors (Lipinski definition) is 1. The lowest BCUT2D eigenvalue weighted by Crippen LogP contribution is -2.30. The van der Waals surface area contributed by atoms with E-state index in [9.17, 15) is 29.1 Å². The van der Waals surface area contributed by atoms with E-state index in [1.165, 1.54) is 4.90 Å². The van der Waals surface area contributed by atoms with Crippen molar-refractivity contribution in [1.82, 2.24) is 0 Å². The number of imide groups is 1. The fourth-order valence-electron chi connectivity index (χ4n) is 8.67. The molecule has 2 aliphatic heterocycles. The fourth-order valence-corrected chi connectivity index (χ4v) is 9.25. The zero-order valence-electron chi connectivity index (χ0n) is 41.9. The van der Waals surface area contributed by atoms with Crippen LogP contribution < -0.4 is 28.7 Å². The molecule has 0 spiro atoms. The Kier molecular flexibility index (Phi) is 16.4. The molecular formula is C56H58Cl2N2O12. The number of carbonyl (C=O) groups excluding carboxylic acids is 5. The molecule has 72 heavy (non-hydrogen) atoms. The smallest absolute Gasteiger partial charge is 0.310 e. The highest BCUT2D eigenvalue weighted by Crippen LogP contribution is 2.52. The first-order valence-electron chi connectivity index (χ1n) is 23.9. The van der Waals surface area contributed by atoms with Crippen LogP contribution in [0.1, 0.15) is 123 Å². The van der Waals surface area contributed by atoms with Crippen molar-refractivity contribution in [2.75, 3.05) is 23.0 Å². The topological polar surface area (TPSA) is 167 Å². The van der Waals surface area contributed by atoms with E-state index < -0.39 is 23.9 Å². The van der Waals surface area contributed by atoms with Gasteiger partial charge in [0.2, 0.25) is 0 Å². The standard InChI is InChI=1S/C28H30ClNO6.C28H28ClNO6/c2*1-6-34-22(31)14-17-11-12-21(20(29)13-17)30-27(32)23-24(28(30)33)26(36-16(4)5)19-10-8-7-9-18(19)25(23)35-15(2)3/h7-13,15-16,27,32H,6,14H2,1-5H3;7-13,15-16H,6,14H2,1-5H3. The summed E-state index contributed by atoms with van der Waals surface area (Å²) in [4.78, 5) is 67.6. The van der Waals surface area contributed by atoms with E-state index in [1.807, 2.05) is 104 Å². The van der Waals surface area contributed by atoms with Gasteiger partial charge in [0.25, 0.3) is 17.7 Å². The van der Waals surface area contributed by atoms with Crippen LogP contribution in [0.3, 0.4) is 0 Å². The molecule has 0 saturated heterocycles. The lowest BCUT2D eigenvalue weighted by atomic mass is 9.98. The second-order valence-electron chi connectivity index (χ2n) is 18.1. The second-order valence-corrected chi connectivity index (χ2v) is 19.0. The lowest BCUT2D eigenvalue weighted by Gasteiger charge is -2.24. The molecule has 2 heterocycles. The van der Waals surface area contributed by atoms with Crippen molar-refractivity contribution in [2.24, 2.45) is 0 Å². The number of anilines is 2. The third kappa shape index (κ3) is 10.7. The number of rotatable bonds is 16. The number of halogens is 2. The van der Waals surface area contributed by atoms with Gasteiger partial charge in [-0.15, -0.1) is 0 Å². The maximum atomic E-state index is 13.9. The summed E-state index contributed by atoms with van der Waals surface area (Å²) in [5.74, 6) is -0.811. The summed E-state index contributed by atoms with van der Waals surface area (Å²) < 4.78 is 34.5. The quantitative estimate of drug-likeness (QED) is 0.0721. The minimum absolute atomic E-state index is 0.0279. The molecule has 1 N–H and O–H groups in total. The molecule has 378 valence electrons. The molecule has 1 unspecified atom stereocenters. The molecule has 0 fully saturated rings. The van der Waals surface area contributed by atoms with Gasteiger partial charge in [0, 0.05) is 21.5 Å². The van der Waals surface area contributed by atoms with E-state index >= 15 is 0 Å². The maximum Gasteiger partial charge on any atom is 0.310 e. The molecule has 14 nitrogen and oxygen atoms in total. The van der Waals surface area contributed by atoms with Gasteiger partial charge in [-0.25, -0.2) is 4.90 Å². The number of hydrogen-bond acceptors (Lipinski definition) is 12. The Morgan fingerprint density at radius 2 is 0.889 bits per heavy atom. The van der Waals surface area contributed by atoms with Crippen LogP contribution in [0.15, 0.2) is 84.9 Å². The molecule has 0 saturated carbocycles. The zero-order valence-corrected chi connectivity index (χ0v) is 43.4. The van der Waals surface area contributed by atoms with Gasteiger partial charge in [-0.05, 0) is 105 Å². The van der Waals surface area contributed by atoms with Gasteiger partial charge in [-0.3, -0.25) is 28.9 Å². The van der Waals surface area contributed by atoms with Crippen molar-refractivity contribution in [2.45, 2.75) is 113 Å². The number of fused-ring (bicyclic) bond motifs is 4. The number of aliphatic hydroxyl groups excluding tert-OH is 1. The minimum atomic E-state index is -1.35. The average molecular weight is 1020 g/mol. The average Bonchev–Trinajstić information content (AvgIpc) is 3.72. The van der Waals surface area contributed by atoms with Crippen LogP contribution in [0.2, 0.25) is 10.0 Å². The van der Waals surface area contributed by atoms with E-state index in [0.717, 1.165) is 15.7 Å². The summed E-state index contributed by atoms with van der Waals surface area (Å²) in [5.41, 5.74) is 2.66. The largest absolute Gasteiger partial charge is 0.490 e. The van der Waals surface area contributed by atoms with Crippen molar-refractivity contribution in [3.63, 3.8) is 0 Å². The maximum absolute atomic E-state index is 13.9. The lowest BCUT2D eigenvalue weighted by molar-refractivity contribution is -0.143. The number of aliphatic hydroxyl groups is 1. The van der Waals surface area contributed by atoms with Crippen LogP contribution in [0.25, 0.3) is 21.5 Å². The molecule has 0 aliphatic carbocycles. The van der Waals surface area contributed by atoms with Crippen molar-refractivity contribution in [1.29, 1.82) is 0 Å². The molecule has 2 aliphatic rings. The fraction of sp³-hybridized carbons (Fsp3) is 0.339. The van der Waals surface area contributed by atoms with E-state index in [2.05, 4.69) is 0 Å². The minimum Gasteiger partial charge on any atom is -0.490 e. The van der Waals surface area contributed by atoms with Gasteiger partial charge in [0.1, 0.15) is 23.0 Å². The number of benzene rings is 6. The monoisotopic (exact) mass is 1020 g/mol. The predicted molar refractivity (Wildman–Crippen MR) is 277 cm³/mol. The van der Waals surface area contributed by atoms with Crippen molar-refractivity contribution in [3.8, 4) is 23.0 Å². The summed E-state index contributed by atoms with van der Waals surface area (Å²) in [6, 6.07) is 24.6. The SMILES string of the molecule is CCOC(=O)Cc1ccc(N2C(=O)c3c(c(OC(C)C)c4ccccc4c3OC(C)C)C2=O)c(Cl)c1.CCOC(=O)Cc1ccc(N2C(=O)c3c(c(OC(C)C)c4ccccc4c3OC(C)C)C2O)c(Cl)c1. The van der Waals surface area contributed by atoms with Crippen LogP contribution in [-0.4, -0.2) is 72.4 Å². The van der Waals surface area contributed by atoms with Crippen molar-refractivity contribution < 1.29 is 57.5 Å². The third-order valence-electron chi connectivity index (χ3n) is 11.3. The van der Waals surface area contributed by atoms with E-state index in [4.69, 9.17) is 51.6 Å². The van der Waals surface area contributed by atoms with Crippen LogP contribution in [0.5, 0.6) is 23.0 Å². The van der Waals surface area contributed by atoms with Crippen molar-refractivity contribution >= 4 is 85.8 Å². The number of esters is 2. The molecule has 0 bridgehead atoms. The van der Waals surface area contributed by atoms with E-state index in [1.54, 1.807) is 50.2 Å². The molecule has 0 radical (unpaired) electrons. The summed E-state index contributed by atoms with van der Waals surface area (Å²) in [6.07, 6.45) is -2.16. The van der Waals surface area contributed by atoms with Gasteiger partial charge in [-0.2, -0.15) is 0 Å². The normalized spacial score (nSPS) is 14.1. The molecule has 16 heteroatoms. The van der Waals surface area contributed by atoms with E-state index in [0.29, 0.717) is 56.1 Å². The summed E-state index contributed by atoms with van der Waals surface area (Å²) in [5, 5.41) is 14.7. The van der Waals surface area contributed by atoms with Gasteiger partial charge in [0.05, 0.1) is 94.1 Å². The number of nitrogens with zero attached hydrogens (tertiary/aromatic N) is 2. The van der Waals surface area contributed by atoms with Gasteiger partial charge in [-0.1, -0.05) is 83.9 Å². The highest BCUT2D eigenvalue weighted by Gasteiger charge is 2.46. The van der Waals surface area contributed by atoms with Gasteiger partial charge >= 0.3 is 11.9 Å². The van der Waals surface area contributed by atoms with Gasteiger partial charge in [0.15, 0.2) is 6.23 Å². The van der Waals surface area contributed by atoms with Gasteiger partial charge < -0.3 is 33.5 Å². The van der Waals surface area contributed by atoms with Crippen LogP contribution in [0.4, 0.5) is 11.4 Å². The Labute approximate surface area is 428 Å².